The van der Waals surface area contributed by atoms with Crippen molar-refractivity contribution in [3.8, 4) is 0 Å². The van der Waals surface area contributed by atoms with Gasteiger partial charge < -0.3 is 10.6 Å². The molecule has 1 aromatic rings. The molecular formula is C15H21F3N2O. The van der Waals surface area contributed by atoms with Gasteiger partial charge in [-0.05, 0) is 38.5 Å². The van der Waals surface area contributed by atoms with Gasteiger partial charge in [0.25, 0.3) is 5.91 Å². The third-order valence-corrected chi connectivity index (χ3v) is 3.18. The van der Waals surface area contributed by atoms with E-state index in [0.717, 1.165) is 18.9 Å². The number of benzene rings is 1. The van der Waals surface area contributed by atoms with Gasteiger partial charge in [-0.3, -0.25) is 4.79 Å². The first kappa shape index (κ1) is 17.3. The summed E-state index contributed by atoms with van der Waals surface area (Å²) in [6.45, 7) is 5.68. The second-order valence-corrected chi connectivity index (χ2v) is 5.60. The fraction of sp³-hybridized carbons (Fsp3) is 0.533. The fourth-order valence-electron chi connectivity index (χ4n) is 2.21. The summed E-state index contributed by atoms with van der Waals surface area (Å²) in [6.07, 6.45) is -2.88. The molecule has 0 saturated heterocycles. The lowest BCUT2D eigenvalue weighted by Gasteiger charge is -2.26. The van der Waals surface area contributed by atoms with Crippen molar-refractivity contribution >= 4 is 11.6 Å². The standard InChI is InChI=1S/C15H21F3N2O/c1-5-8-14(2,3)20-13(21)10-6-7-12(19-4)11(9-10)15(16,17)18/h6-7,9,19H,5,8H2,1-4H3,(H,20,21). The van der Waals surface area contributed by atoms with Crippen LogP contribution in [0.1, 0.15) is 49.5 Å². The van der Waals surface area contributed by atoms with Crippen LogP contribution in [0.2, 0.25) is 0 Å². The van der Waals surface area contributed by atoms with E-state index >= 15 is 0 Å². The smallest absolute Gasteiger partial charge is 0.388 e. The van der Waals surface area contributed by atoms with Gasteiger partial charge in [0.2, 0.25) is 0 Å². The van der Waals surface area contributed by atoms with Gasteiger partial charge in [0.1, 0.15) is 0 Å². The summed E-state index contributed by atoms with van der Waals surface area (Å²) in [5, 5.41) is 5.25. The third-order valence-electron chi connectivity index (χ3n) is 3.18. The first-order chi connectivity index (χ1) is 9.60. The summed E-state index contributed by atoms with van der Waals surface area (Å²) in [5.41, 5.74) is -1.34. The lowest BCUT2D eigenvalue weighted by Crippen LogP contribution is -2.43. The maximum Gasteiger partial charge on any atom is 0.418 e. The molecule has 0 aromatic heterocycles. The van der Waals surface area contributed by atoms with E-state index in [1.54, 1.807) is 0 Å². The molecule has 118 valence electrons. The normalized spacial score (nSPS) is 12.1. The van der Waals surface area contributed by atoms with Crippen LogP contribution in [-0.2, 0) is 6.18 Å². The molecule has 0 bridgehead atoms. The Balaban J connectivity index is 3.07. The van der Waals surface area contributed by atoms with Gasteiger partial charge in [-0.2, -0.15) is 13.2 Å². The highest BCUT2D eigenvalue weighted by Crippen LogP contribution is 2.35. The Hall–Kier alpha value is -1.72. The summed E-state index contributed by atoms with van der Waals surface area (Å²) in [6, 6.07) is 3.53. The Morgan fingerprint density at radius 3 is 2.33 bits per heavy atom. The summed E-state index contributed by atoms with van der Waals surface area (Å²) >= 11 is 0. The predicted octanol–water partition coefficient (Wildman–Crippen LogP) is 4.06. The zero-order valence-electron chi connectivity index (χ0n) is 12.7. The topological polar surface area (TPSA) is 41.1 Å². The molecule has 0 aliphatic heterocycles. The van der Waals surface area contributed by atoms with Crippen LogP contribution in [0.5, 0.6) is 0 Å². The summed E-state index contributed by atoms with van der Waals surface area (Å²) in [5.74, 6) is -0.499. The second-order valence-electron chi connectivity index (χ2n) is 5.60. The van der Waals surface area contributed by atoms with Crippen LogP contribution in [-0.4, -0.2) is 18.5 Å². The van der Waals surface area contributed by atoms with Crippen LogP contribution in [0.3, 0.4) is 0 Å². The molecule has 1 rings (SSSR count). The number of carbonyl (C=O) groups excluding carboxylic acids is 1. The molecule has 0 heterocycles. The Kier molecular flexibility index (Phi) is 5.25. The molecule has 3 nitrogen and oxygen atoms in total. The second kappa shape index (κ2) is 6.37. The molecule has 6 heteroatoms. The summed E-state index contributed by atoms with van der Waals surface area (Å²) < 4.78 is 38.9. The highest BCUT2D eigenvalue weighted by Gasteiger charge is 2.34. The Labute approximate surface area is 122 Å². The number of halogens is 3. The van der Waals surface area contributed by atoms with Crippen LogP contribution in [0, 0.1) is 0 Å². The Morgan fingerprint density at radius 2 is 1.86 bits per heavy atom. The molecule has 0 spiro atoms. The zero-order valence-corrected chi connectivity index (χ0v) is 12.7. The molecule has 0 fully saturated rings. The predicted molar refractivity (Wildman–Crippen MR) is 77.4 cm³/mol. The number of alkyl halides is 3. The van der Waals surface area contributed by atoms with E-state index in [-0.39, 0.29) is 11.3 Å². The SMILES string of the molecule is CCCC(C)(C)NC(=O)c1ccc(NC)c(C(F)(F)F)c1. The van der Waals surface area contributed by atoms with Crippen molar-refractivity contribution in [2.75, 3.05) is 12.4 Å². The largest absolute Gasteiger partial charge is 0.418 e. The number of hydrogen-bond acceptors (Lipinski definition) is 2. The van der Waals surface area contributed by atoms with Crippen molar-refractivity contribution in [3.63, 3.8) is 0 Å². The van der Waals surface area contributed by atoms with Crippen LogP contribution in [0.4, 0.5) is 18.9 Å². The maximum atomic E-state index is 13.0. The third kappa shape index (κ3) is 4.65. The number of carbonyl (C=O) groups is 1. The number of amides is 1. The molecule has 0 saturated carbocycles. The molecule has 2 N–H and O–H groups in total. The Morgan fingerprint density at radius 1 is 1.24 bits per heavy atom. The number of anilines is 1. The van der Waals surface area contributed by atoms with Crippen molar-refractivity contribution in [1.29, 1.82) is 0 Å². The van der Waals surface area contributed by atoms with Gasteiger partial charge in [0.15, 0.2) is 0 Å². The van der Waals surface area contributed by atoms with E-state index in [1.807, 2.05) is 20.8 Å². The van der Waals surface area contributed by atoms with Crippen LogP contribution in [0.15, 0.2) is 18.2 Å². The molecule has 0 radical (unpaired) electrons. The summed E-state index contributed by atoms with van der Waals surface area (Å²) in [4.78, 5) is 12.1. The Bertz CT molecular complexity index is 510. The van der Waals surface area contributed by atoms with E-state index in [9.17, 15) is 18.0 Å². The molecule has 1 amide bonds. The molecule has 0 aliphatic carbocycles. The lowest BCUT2D eigenvalue weighted by molar-refractivity contribution is -0.136. The van der Waals surface area contributed by atoms with Crippen molar-refractivity contribution < 1.29 is 18.0 Å². The van der Waals surface area contributed by atoms with Crippen LogP contribution < -0.4 is 10.6 Å². The minimum Gasteiger partial charge on any atom is -0.388 e. The number of hydrogen-bond donors (Lipinski definition) is 2. The zero-order chi connectivity index (χ0) is 16.3. The lowest BCUT2D eigenvalue weighted by atomic mass is 9.98. The van der Waals surface area contributed by atoms with E-state index in [0.29, 0.717) is 0 Å². The molecule has 0 unspecified atom stereocenters. The quantitative estimate of drug-likeness (QED) is 0.861. The van der Waals surface area contributed by atoms with Crippen molar-refractivity contribution in [3.05, 3.63) is 29.3 Å². The van der Waals surface area contributed by atoms with Crippen molar-refractivity contribution in [1.82, 2.24) is 5.32 Å². The highest BCUT2D eigenvalue weighted by molar-refractivity contribution is 5.95. The average Bonchev–Trinajstić information content (AvgIpc) is 2.36. The van der Waals surface area contributed by atoms with Gasteiger partial charge >= 0.3 is 6.18 Å². The average molecular weight is 302 g/mol. The van der Waals surface area contributed by atoms with Crippen LogP contribution in [0.25, 0.3) is 0 Å². The fourth-order valence-corrected chi connectivity index (χ4v) is 2.21. The first-order valence-electron chi connectivity index (χ1n) is 6.82. The van der Waals surface area contributed by atoms with Gasteiger partial charge in [-0.25, -0.2) is 0 Å². The first-order valence-corrected chi connectivity index (χ1v) is 6.82. The van der Waals surface area contributed by atoms with Gasteiger partial charge in [-0.15, -0.1) is 0 Å². The van der Waals surface area contributed by atoms with E-state index in [4.69, 9.17) is 0 Å². The molecule has 1 aromatic carbocycles. The monoisotopic (exact) mass is 302 g/mol. The maximum absolute atomic E-state index is 13.0. The van der Waals surface area contributed by atoms with Gasteiger partial charge in [0, 0.05) is 23.8 Å². The number of nitrogens with one attached hydrogen (secondary N) is 2. The minimum absolute atomic E-state index is 0.00510. The number of rotatable bonds is 5. The summed E-state index contributed by atoms with van der Waals surface area (Å²) in [7, 11) is 1.41. The van der Waals surface area contributed by atoms with Crippen molar-refractivity contribution in [2.45, 2.75) is 45.3 Å². The molecule has 0 aliphatic rings. The van der Waals surface area contributed by atoms with E-state index < -0.39 is 23.2 Å². The van der Waals surface area contributed by atoms with E-state index in [2.05, 4.69) is 10.6 Å². The van der Waals surface area contributed by atoms with E-state index in [1.165, 1.54) is 19.2 Å². The molecule has 0 atom stereocenters. The molecular weight excluding hydrogens is 281 g/mol. The van der Waals surface area contributed by atoms with Gasteiger partial charge in [-0.1, -0.05) is 13.3 Å². The highest BCUT2D eigenvalue weighted by atomic mass is 19.4. The van der Waals surface area contributed by atoms with Crippen LogP contribution >= 0.6 is 0 Å². The van der Waals surface area contributed by atoms with Crippen molar-refractivity contribution in [2.24, 2.45) is 0 Å². The van der Waals surface area contributed by atoms with Gasteiger partial charge in [0.05, 0.1) is 5.56 Å². The molecule has 21 heavy (non-hydrogen) atoms. The minimum atomic E-state index is -4.51.